The molecule has 14 heteroatoms. The summed E-state index contributed by atoms with van der Waals surface area (Å²) in [5.74, 6) is -2.62. The number of nitriles is 1. The van der Waals surface area contributed by atoms with E-state index in [9.17, 15) is 26.3 Å². The molecule has 188 valence electrons. The summed E-state index contributed by atoms with van der Waals surface area (Å²) in [6, 6.07) is 8.42. The Morgan fingerprint density at radius 1 is 1.23 bits per heavy atom. The van der Waals surface area contributed by atoms with E-state index >= 15 is 0 Å². The highest BCUT2D eigenvalue weighted by Gasteiger charge is 2.38. The molecule has 0 amide bonds. The van der Waals surface area contributed by atoms with Crippen LogP contribution >= 0.6 is 0 Å². The lowest BCUT2D eigenvalue weighted by Gasteiger charge is -2.39. The average Bonchev–Trinajstić information content (AvgIpc) is 3.27. The maximum atomic E-state index is 12.6. The SMILES string of the molecule is Cn1cc(CN2CC(Cc3ccccc3OC(F)(F)F)C2)n2ncc(C#N)c12.O=C(O)C(F)(F)F. The highest BCUT2D eigenvalue weighted by molar-refractivity contribution is 5.73. The Morgan fingerprint density at radius 3 is 2.43 bits per heavy atom. The van der Waals surface area contributed by atoms with Crippen LogP contribution in [0.1, 0.15) is 16.8 Å². The molecule has 1 saturated heterocycles. The van der Waals surface area contributed by atoms with Gasteiger partial charge in [-0.05, 0) is 24.0 Å². The first-order valence-electron chi connectivity index (χ1n) is 10.1. The van der Waals surface area contributed by atoms with E-state index in [4.69, 9.17) is 15.2 Å². The van der Waals surface area contributed by atoms with Gasteiger partial charge < -0.3 is 14.4 Å². The summed E-state index contributed by atoms with van der Waals surface area (Å²) in [4.78, 5) is 11.1. The number of imidazole rings is 1. The number of hydrogen-bond donors (Lipinski definition) is 1. The Labute approximate surface area is 194 Å². The zero-order valence-electron chi connectivity index (χ0n) is 18.1. The maximum Gasteiger partial charge on any atom is 0.573 e. The van der Waals surface area contributed by atoms with Crippen molar-refractivity contribution >= 4 is 11.6 Å². The number of hydrogen-bond acceptors (Lipinski definition) is 5. The number of rotatable bonds is 5. The maximum absolute atomic E-state index is 12.6. The van der Waals surface area contributed by atoms with Crippen molar-refractivity contribution in [2.24, 2.45) is 13.0 Å². The van der Waals surface area contributed by atoms with Crippen LogP contribution in [-0.2, 0) is 24.8 Å². The first kappa shape index (κ1) is 25.9. The van der Waals surface area contributed by atoms with Gasteiger partial charge in [0.2, 0.25) is 0 Å². The van der Waals surface area contributed by atoms with Gasteiger partial charge in [-0.1, -0.05) is 18.2 Å². The summed E-state index contributed by atoms with van der Waals surface area (Å²) in [6.45, 7) is 2.23. The molecule has 0 aliphatic carbocycles. The molecule has 0 bridgehead atoms. The van der Waals surface area contributed by atoms with Crippen molar-refractivity contribution in [3.8, 4) is 11.8 Å². The largest absolute Gasteiger partial charge is 0.573 e. The molecular weight excluding hydrogens is 484 g/mol. The number of nitrogens with zero attached hydrogens (tertiary/aromatic N) is 5. The van der Waals surface area contributed by atoms with Crippen LogP contribution in [0.5, 0.6) is 5.75 Å². The minimum atomic E-state index is -5.08. The first-order chi connectivity index (χ1) is 16.3. The van der Waals surface area contributed by atoms with Crippen molar-refractivity contribution in [1.82, 2.24) is 19.1 Å². The van der Waals surface area contributed by atoms with Crippen LogP contribution in [0.3, 0.4) is 0 Å². The lowest BCUT2D eigenvalue weighted by atomic mass is 9.91. The van der Waals surface area contributed by atoms with Gasteiger partial charge >= 0.3 is 18.5 Å². The number of aromatic nitrogens is 3. The monoisotopic (exact) mass is 503 g/mol. The third-order valence-electron chi connectivity index (χ3n) is 5.18. The number of likely N-dealkylation sites (tertiary alicyclic amines) is 1. The third-order valence-corrected chi connectivity index (χ3v) is 5.18. The molecule has 3 aromatic rings. The van der Waals surface area contributed by atoms with Crippen molar-refractivity contribution in [2.45, 2.75) is 25.5 Å². The van der Waals surface area contributed by atoms with Crippen LogP contribution in [0.2, 0.25) is 0 Å². The molecule has 8 nitrogen and oxygen atoms in total. The topological polar surface area (TPSA) is 95.8 Å². The van der Waals surface area contributed by atoms with Crippen LogP contribution in [0.4, 0.5) is 26.3 Å². The Bertz CT molecular complexity index is 1240. The van der Waals surface area contributed by atoms with E-state index in [-0.39, 0.29) is 11.7 Å². The fourth-order valence-corrected chi connectivity index (χ4v) is 3.79. The van der Waals surface area contributed by atoms with Gasteiger partial charge in [0.15, 0.2) is 5.65 Å². The molecule has 0 spiro atoms. The highest BCUT2D eigenvalue weighted by Crippen LogP contribution is 2.30. The molecule has 0 saturated carbocycles. The molecule has 1 aliphatic heterocycles. The molecule has 2 aromatic heterocycles. The van der Waals surface area contributed by atoms with Crippen molar-refractivity contribution in [1.29, 1.82) is 5.26 Å². The van der Waals surface area contributed by atoms with Gasteiger partial charge in [0.25, 0.3) is 0 Å². The minimum Gasteiger partial charge on any atom is -0.475 e. The summed E-state index contributed by atoms with van der Waals surface area (Å²) in [7, 11) is 1.87. The predicted molar refractivity (Wildman–Crippen MR) is 108 cm³/mol. The summed E-state index contributed by atoms with van der Waals surface area (Å²) in [5, 5.41) is 20.6. The second-order valence-corrected chi connectivity index (χ2v) is 7.86. The van der Waals surface area contributed by atoms with Crippen LogP contribution in [0.25, 0.3) is 5.65 Å². The van der Waals surface area contributed by atoms with E-state index in [2.05, 4.69) is 20.8 Å². The minimum absolute atomic E-state index is 0.126. The number of carbonyl (C=O) groups is 1. The number of para-hydroxylation sites is 1. The first-order valence-corrected chi connectivity index (χ1v) is 10.1. The molecule has 35 heavy (non-hydrogen) atoms. The third kappa shape index (κ3) is 6.44. The number of alkyl halides is 6. The second kappa shape index (κ2) is 9.87. The quantitative estimate of drug-likeness (QED) is 0.533. The van der Waals surface area contributed by atoms with Crippen LogP contribution in [0.15, 0.2) is 36.7 Å². The Hall–Kier alpha value is -3.73. The smallest absolute Gasteiger partial charge is 0.475 e. The Balaban J connectivity index is 0.000000429. The Kier molecular flexibility index (Phi) is 7.30. The predicted octanol–water partition coefficient (Wildman–Crippen LogP) is 3.75. The molecule has 1 aliphatic rings. The van der Waals surface area contributed by atoms with E-state index in [0.29, 0.717) is 24.1 Å². The summed E-state index contributed by atoms with van der Waals surface area (Å²) < 4.78 is 77.2. The molecule has 1 aromatic carbocycles. The number of halogens is 6. The summed E-state index contributed by atoms with van der Waals surface area (Å²) in [6.07, 6.45) is -5.74. The number of aliphatic carboxylic acids is 1. The van der Waals surface area contributed by atoms with Gasteiger partial charge in [-0.15, -0.1) is 13.2 Å². The van der Waals surface area contributed by atoms with E-state index in [1.54, 1.807) is 22.8 Å². The number of carboxylic acid groups (broad SMARTS) is 1. The normalized spacial score (nSPS) is 14.7. The zero-order chi connectivity index (χ0) is 26.0. The number of carboxylic acids is 1. The van der Waals surface area contributed by atoms with Gasteiger partial charge in [0.1, 0.15) is 17.4 Å². The zero-order valence-corrected chi connectivity index (χ0v) is 18.1. The van der Waals surface area contributed by atoms with Gasteiger partial charge in [-0.25, -0.2) is 9.31 Å². The molecule has 1 fully saturated rings. The molecule has 0 radical (unpaired) electrons. The molecule has 4 rings (SSSR count). The van der Waals surface area contributed by atoms with E-state index in [1.165, 1.54) is 12.1 Å². The van der Waals surface area contributed by atoms with Crippen molar-refractivity contribution in [3.63, 3.8) is 0 Å². The van der Waals surface area contributed by atoms with Crippen molar-refractivity contribution in [3.05, 3.63) is 53.5 Å². The number of aryl methyl sites for hydroxylation is 1. The van der Waals surface area contributed by atoms with Crippen LogP contribution in [0, 0.1) is 17.2 Å². The van der Waals surface area contributed by atoms with Crippen LogP contribution in [-0.4, -0.2) is 55.8 Å². The van der Waals surface area contributed by atoms with Crippen LogP contribution < -0.4 is 4.74 Å². The fourth-order valence-electron chi connectivity index (χ4n) is 3.79. The molecule has 0 atom stereocenters. The molecule has 0 unspecified atom stereocenters. The van der Waals surface area contributed by atoms with E-state index in [1.807, 2.05) is 17.8 Å². The fraction of sp³-hybridized carbons (Fsp3) is 0.381. The number of fused-ring (bicyclic) bond motifs is 1. The average molecular weight is 503 g/mol. The highest BCUT2D eigenvalue weighted by atomic mass is 19.4. The lowest BCUT2D eigenvalue weighted by Crippen LogP contribution is -2.47. The molecular formula is C21H19F6N5O3. The standard InChI is InChI=1S/C19H18F3N5O.C2HF3O2/c1-25-11-16(27-18(25)15(7-23)8-24-27)12-26-9-13(10-26)6-14-4-2-3-5-17(14)28-19(20,21)22;3-2(4,5)1(6)7/h2-5,8,11,13H,6,9-10,12H2,1H3;(H,6,7). The number of benzene rings is 1. The van der Waals surface area contributed by atoms with Gasteiger partial charge in [-0.2, -0.15) is 23.5 Å². The lowest BCUT2D eigenvalue weighted by molar-refractivity contribution is -0.275. The van der Waals surface area contributed by atoms with E-state index in [0.717, 1.165) is 24.4 Å². The Morgan fingerprint density at radius 2 is 1.86 bits per heavy atom. The van der Waals surface area contributed by atoms with E-state index < -0.39 is 18.5 Å². The molecule has 3 heterocycles. The van der Waals surface area contributed by atoms with Gasteiger partial charge in [0, 0.05) is 32.9 Å². The van der Waals surface area contributed by atoms with Crippen molar-refractivity contribution < 1.29 is 41.0 Å². The summed E-state index contributed by atoms with van der Waals surface area (Å²) in [5.41, 5.74) is 2.82. The number of ether oxygens (including phenoxy) is 1. The van der Waals surface area contributed by atoms with Gasteiger partial charge in [-0.3, -0.25) is 4.90 Å². The van der Waals surface area contributed by atoms with Crippen molar-refractivity contribution in [2.75, 3.05) is 13.1 Å². The van der Waals surface area contributed by atoms with Gasteiger partial charge in [0.05, 0.1) is 11.9 Å². The second-order valence-electron chi connectivity index (χ2n) is 7.86. The summed E-state index contributed by atoms with van der Waals surface area (Å²) >= 11 is 0. The molecule has 1 N–H and O–H groups in total.